The number of benzene rings is 3. The van der Waals surface area contributed by atoms with Crippen molar-refractivity contribution in [3.05, 3.63) is 42.5 Å². The van der Waals surface area contributed by atoms with Crippen LogP contribution in [0.2, 0.25) is 0 Å². The van der Waals surface area contributed by atoms with Crippen LogP contribution >= 0.6 is 0 Å². The van der Waals surface area contributed by atoms with Crippen molar-refractivity contribution in [3.63, 3.8) is 0 Å². The first-order chi connectivity index (χ1) is 14.6. The SMILES string of the molecule is O=S(=O)(O)c1cc(O)c2c(O)c(N=Nc3ccccc3[As](=O)(O)O)c(S(=O)(=O)O)cc2c1.[H-].[H-].[H-].[Na+].[Na+].[Na+]. The minimum atomic E-state index is -5.47. The zero-order valence-electron chi connectivity index (χ0n) is 21.4. The maximum atomic E-state index is 11.8. The number of aromatic hydroxyl groups is 2. The van der Waals surface area contributed by atoms with E-state index in [2.05, 4.69) is 10.2 Å². The molecule has 0 spiro atoms. The van der Waals surface area contributed by atoms with Crippen LogP contribution in [0.5, 0.6) is 11.5 Å². The molecule has 19 heteroatoms. The van der Waals surface area contributed by atoms with Crippen LogP contribution in [0.15, 0.2) is 62.5 Å². The third-order valence-corrected chi connectivity index (χ3v) is 7.94. The topological polar surface area (TPSA) is 231 Å². The van der Waals surface area contributed by atoms with Gasteiger partial charge in [-0.25, -0.2) is 0 Å². The van der Waals surface area contributed by atoms with E-state index in [1.54, 1.807) is 0 Å². The Labute approximate surface area is 272 Å². The Morgan fingerprint density at radius 1 is 0.829 bits per heavy atom. The van der Waals surface area contributed by atoms with E-state index in [0.29, 0.717) is 12.1 Å². The van der Waals surface area contributed by atoms with Crippen LogP contribution in [0, 0.1) is 0 Å². The van der Waals surface area contributed by atoms with E-state index in [0.717, 1.165) is 18.2 Å². The zero-order chi connectivity index (χ0) is 24.1. The number of fused-ring (bicyclic) bond motifs is 1. The summed E-state index contributed by atoms with van der Waals surface area (Å²) in [5.74, 6) is -1.93. The van der Waals surface area contributed by atoms with Crippen LogP contribution < -0.4 is 93.0 Å². The van der Waals surface area contributed by atoms with Gasteiger partial charge >= 0.3 is 272 Å². The number of hydrogen-bond donors (Lipinski definition) is 6. The molecule has 6 N–H and O–H groups in total. The van der Waals surface area contributed by atoms with Crippen LogP contribution in [-0.2, 0) is 24.0 Å². The molecule has 0 aliphatic rings. The summed E-state index contributed by atoms with van der Waals surface area (Å²) < 4.78 is 95.2. The predicted octanol–water partition coefficient (Wildman–Crippen LogP) is -7.93. The second kappa shape index (κ2) is 12.8. The molecule has 176 valence electrons. The molecular formula is C16H16AsN2Na3O11S2. The third kappa shape index (κ3) is 8.10. The van der Waals surface area contributed by atoms with Crippen molar-refractivity contribution >= 4 is 60.9 Å². The molecule has 0 bridgehead atoms. The van der Waals surface area contributed by atoms with Gasteiger partial charge in [0.1, 0.15) is 0 Å². The summed E-state index contributed by atoms with van der Waals surface area (Å²) in [6.07, 6.45) is 0. The summed E-state index contributed by atoms with van der Waals surface area (Å²) in [7, 11) is -9.93. The Morgan fingerprint density at radius 2 is 1.40 bits per heavy atom. The van der Waals surface area contributed by atoms with Gasteiger partial charge < -0.3 is 4.28 Å². The maximum absolute atomic E-state index is 11.8. The van der Waals surface area contributed by atoms with Crippen LogP contribution in [0.1, 0.15) is 4.28 Å². The molecule has 3 aromatic carbocycles. The molecule has 3 aromatic rings. The number of nitrogens with zero attached hydrogens (tertiary/aromatic N) is 2. The van der Waals surface area contributed by atoms with Gasteiger partial charge in [0.2, 0.25) is 0 Å². The summed E-state index contributed by atoms with van der Waals surface area (Å²) in [6, 6.07) is 6.86. The number of azo groups is 1. The minimum absolute atomic E-state index is 0. The van der Waals surface area contributed by atoms with Gasteiger partial charge in [0, 0.05) is 0 Å². The number of phenols is 2. The van der Waals surface area contributed by atoms with E-state index in [4.69, 9.17) is 4.55 Å². The molecule has 0 radical (unpaired) electrons. The van der Waals surface area contributed by atoms with Crippen molar-refractivity contribution in [3.8, 4) is 11.5 Å². The molecule has 35 heavy (non-hydrogen) atoms. The average molecular weight is 620 g/mol. The van der Waals surface area contributed by atoms with Crippen molar-refractivity contribution in [2.45, 2.75) is 9.79 Å². The predicted molar refractivity (Wildman–Crippen MR) is 111 cm³/mol. The Kier molecular flexibility index (Phi) is 12.9. The van der Waals surface area contributed by atoms with Crippen molar-refractivity contribution in [1.82, 2.24) is 0 Å². The summed E-state index contributed by atoms with van der Waals surface area (Å²) in [5, 5.41) is 26.8. The molecule has 0 fully saturated rings. The first-order valence-corrected chi connectivity index (χ1v) is 14.4. The number of hydrogen-bond acceptors (Lipinski definition) is 9. The van der Waals surface area contributed by atoms with Gasteiger partial charge in [-0.05, 0) is 0 Å². The Morgan fingerprint density at radius 3 is 1.91 bits per heavy atom. The van der Waals surface area contributed by atoms with Gasteiger partial charge in [0.15, 0.2) is 0 Å². The molecule has 0 atom stereocenters. The molecule has 0 heterocycles. The summed E-state index contributed by atoms with van der Waals surface area (Å²) in [5.41, 5.74) is -1.26. The second-order valence-corrected chi connectivity index (χ2v) is 12.4. The molecule has 0 amide bonds. The van der Waals surface area contributed by atoms with Gasteiger partial charge in [-0.15, -0.1) is 0 Å². The zero-order valence-corrected chi connectivity index (χ0v) is 27.9. The monoisotopic (exact) mass is 620 g/mol. The fourth-order valence-electron chi connectivity index (χ4n) is 2.78. The fourth-order valence-corrected chi connectivity index (χ4v) is 5.44. The van der Waals surface area contributed by atoms with Crippen LogP contribution in [0.25, 0.3) is 10.8 Å². The van der Waals surface area contributed by atoms with E-state index >= 15 is 0 Å². The van der Waals surface area contributed by atoms with Crippen LogP contribution in [0.4, 0.5) is 11.4 Å². The minimum Gasteiger partial charge on any atom is -1.00 e. The molecule has 0 saturated carbocycles. The van der Waals surface area contributed by atoms with Crippen molar-refractivity contribution in [2.75, 3.05) is 0 Å². The van der Waals surface area contributed by atoms with Crippen LogP contribution in [-0.4, -0.2) is 58.5 Å². The fraction of sp³-hybridized carbons (Fsp3) is 0. The van der Waals surface area contributed by atoms with Gasteiger partial charge in [0.25, 0.3) is 0 Å². The van der Waals surface area contributed by atoms with Gasteiger partial charge in [-0.3, -0.25) is 0 Å². The van der Waals surface area contributed by atoms with E-state index in [-0.39, 0.29) is 98.6 Å². The Bertz CT molecular complexity index is 1570. The normalized spacial score (nSPS) is 12.0. The molecule has 0 aromatic heterocycles. The third-order valence-electron chi connectivity index (χ3n) is 4.13. The van der Waals surface area contributed by atoms with Crippen molar-refractivity contribution < 1.29 is 141 Å². The van der Waals surface area contributed by atoms with Gasteiger partial charge in [-0.2, -0.15) is 0 Å². The van der Waals surface area contributed by atoms with Crippen molar-refractivity contribution in [2.24, 2.45) is 10.2 Å². The van der Waals surface area contributed by atoms with Crippen LogP contribution in [0.3, 0.4) is 0 Å². The van der Waals surface area contributed by atoms with E-state index < -0.39 is 76.5 Å². The average Bonchev–Trinajstić information content (AvgIpc) is 2.64. The molecular weight excluding hydrogens is 604 g/mol. The first kappa shape index (κ1) is 35.2. The quantitative estimate of drug-likeness (QED) is 0.0891. The molecule has 0 saturated heterocycles. The molecule has 0 aliphatic carbocycles. The number of rotatable bonds is 5. The van der Waals surface area contributed by atoms with Gasteiger partial charge in [0.05, 0.1) is 0 Å². The molecule has 3 rings (SSSR count). The molecule has 0 unspecified atom stereocenters. The second-order valence-electron chi connectivity index (χ2n) is 6.30. The smallest absolute Gasteiger partial charge is 1.00 e. The van der Waals surface area contributed by atoms with Crippen molar-refractivity contribution in [1.29, 1.82) is 0 Å². The molecule has 13 nitrogen and oxygen atoms in total. The summed E-state index contributed by atoms with van der Waals surface area (Å²) >= 11 is -5.47. The number of phenolic OH excluding ortho intramolecular Hbond substituents is 2. The molecule has 0 aliphatic heterocycles. The largest absolute Gasteiger partial charge is 1.00 e. The summed E-state index contributed by atoms with van der Waals surface area (Å²) in [6.45, 7) is 0. The van der Waals surface area contributed by atoms with E-state index in [1.807, 2.05) is 0 Å². The Balaban J connectivity index is -0.000000963. The van der Waals surface area contributed by atoms with Gasteiger partial charge in [-0.1, -0.05) is 0 Å². The first-order valence-electron chi connectivity index (χ1n) is 8.15. The van der Waals surface area contributed by atoms with E-state index in [1.165, 1.54) is 12.1 Å². The Hall–Kier alpha value is 0.218. The standard InChI is InChI=1S/C16H13AsN2O11S2.3Na.3H/c20-12-7-9(31(25,26)27)5-8-6-13(32(28,29)30)15(16(21)14(8)12)19-18-11-4-2-1-3-10(11)17(22,23)24;;;;;;/h1-7,20-21H,(H2,22,23,24)(H,25,26,27)(H,28,29,30);;;;;;/q;3*+1;3*-1. The summed E-state index contributed by atoms with van der Waals surface area (Å²) in [4.78, 5) is -1.88. The van der Waals surface area contributed by atoms with E-state index in [9.17, 15) is 43.5 Å². The maximum Gasteiger partial charge on any atom is 1.00 e.